The quantitative estimate of drug-likeness (QED) is 0.418. The molecule has 8 heteroatoms. The Labute approximate surface area is 151 Å². The van der Waals surface area contributed by atoms with Crippen molar-refractivity contribution >= 4 is 50.6 Å². The monoisotopic (exact) mass is 380 g/mol. The highest BCUT2D eigenvalue weighted by atomic mass is 32.2. The first-order chi connectivity index (χ1) is 11.3. The Hall–Kier alpha value is -1.64. The summed E-state index contributed by atoms with van der Waals surface area (Å²) < 4.78 is 5.25. The van der Waals surface area contributed by atoms with Gasteiger partial charge in [-0.1, -0.05) is 17.8 Å². The van der Waals surface area contributed by atoms with E-state index >= 15 is 0 Å². The molecule has 5 nitrogen and oxygen atoms in total. The summed E-state index contributed by atoms with van der Waals surface area (Å²) in [6.45, 7) is 5.46. The van der Waals surface area contributed by atoms with Gasteiger partial charge in [0.15, 0.2) is 5.16 Å². The molecule has 0 aliphatic carbocycles. The summed E-state index contributed by atoms with van der Waals surface area (Å²) in [5, 5.41) is 4.95. The van der Waals surface area contributed by atoms with Crippen LogP contribution in [0.25, 0.3) is 20.7 Å². The molecule has 0 radical (unpaired) electrons. The van der Waals surface area contributed by atoms with Gasteiger partial charge in [0.1, 0.15) is 10.4 Å². The van der Waals surface area contributed by atoms with Crippen LogP contribution in [-0.4, -0.2) is 27.3 Å². The molecule has 0 spiro atoms. The van der Waals surface area contributed by atoms with Crippen LogP contribution >= 0.6 is 34.4 Å². The molecule has 3 rings (SSSR count). The number of nitrogens with zero attached hydrogens (tertiary/aromatic N) is 1. The Morgan fingerprint density at radius 1 is 1.38 bits per heavy atom. The van der Waals surface area contributed by atoms with Crippen molar-refractivity contribution in [2.75, 3.05) is 5.75 Å². The molecule has 3 aromatic heterocycles. The number of H-pyrrole nitrogens is 1. The highest BCUT2D eigenvalue weighted by Crippen LogP contribution is 2.34. The van der Waals surface area contributed by atoms with Crippen molar-refractivity contribution in [3.05, 3.63) is 33.2 Å². The fourth-order valence-electron chi connectivity index (χ4n) is 2.11. The molecule has 0 fully saturated rings. The highest BCUT2D eigenvalue weighted by molar-refractivity contribution is 7.99. The molecule has 24 heavy (non-hydrogen) atoms. The summed E-state index contributed by atoms with van der Waals surface area (Å²) >= 11 is 4.19. The lowest BCUT2D eigenvalue weighted by atomic mass is 10.2. The molecule has 0 unspecified atom stereocenters. The maximum atomic E-state index is 12.4. The fraction of sp³-hybridized carbons (Fsp3) is 0.312. The number of ether oxygens (including phenoxy) is 1. The van der Waals surface area contributed by atoms with Gasteiger partial charge in [-0.3, -0.25) is 9.59 Å². The van der Waals surface area contributed by atoms with Crippen molar-refractivity contribution in [3.8, 4) is 10.4 Å². The van der Waals surface area contributed by atoms with E-state index in [1.165, 1.54) is 23.1 Å². The Kier molecular flexibility index (Phi) is 4.80. The van der Waals surface area contributed by atoms with E-state index in [0.29, 0.717) is 15.4 Å². The van der Waals surface area contributed by atoms with Crippen molar-refractivity contribution in [1.29, 1.82) is 0 Å². The Morgan fingerprint density at radius 2 is 2.17 bits per heavy atom. The molecular formula is C16H16N2O3S3. The van der Waals surface area contributed by atoms with Crippen LogP contribution in [0.5, 0.6) is 0 Å². The molecule has 3 aromatic rings. The van der Waals surface area contributed by atoms with Crippen molar-refractivity contribution in [2.45, 2.75) is 31.5 Å². The largest absolute Gasteiger partial charge is 0.459 e. The molecule has 0 aliphatic heterocycles. The number of fused-ring (bicyclic) bond motifs is 1. The van der Waals surface area contributed by atoms with Gasteiger partial charge in [0.25, 0.3) is 5.56 Å². The number of rotatable bonds is 4. The standard InChI is InChI=1S/C16H16N2O3S3/c1-16(2,3)21-11(19)8-24-15-17-13(20)12-9(7-23-14(12)18-15)10-5-4-6-22-10/h4-7H,8H2,1-3H3,(H,17,18,20). The first-order valence-electron chi connectivity index (χ1n) is 7.23. The van der Waals surface area contributed by atoms with Crippen LogP contribution in [0, 0.1) is 0 Å². The van der Waals surface area contributed by atoms with Crippen molar-refractivity contribution < 1.29 is 9.53 Å². The number of hydrogen-bond donors (Lipinski definition) is 1. The van der Waals surface area contributed by atoms with Gasteiger partial charge >= 0.3 is 5.97 Å². The molecule has 3 heterocycles. The third kappa shape index (κ3) is 3.88. The van der Waals surface area contributed by atoms with Gasteiger partial charge < -0.3 is 9.72 Å². The number of carbonyl (C=O) groups excluding carboxylic acids is 1. The summed E-state index contributed by atoms with van der Waals surface area (Å²) in [7, 11) is 0. The second-order valence-electron chi connectivity index (χ2n) is 6.05. The van der Waals surface area contributed by atoms with E-state index < -0.39 is 5.60 Å². The summed E-state index contributed by atoms with van der Waals surface area (Å²) in [5.74, 6) is -0.227. The summed E-state index contributed by atoms with van der Waals surface area (Å²) in [6.07, 6.45) is 0. The second kappa shape index (κ2) is 6.70. The van der Waals surface area contributed by atoms with E-state index in [9.17, 15) is 9.59 Å². The second-order valence-corrected chi connectivity index (χ2v) is 8.82. The van der Waals surface area contributed by atoms with Crippen LogP contribution in [0.3, 0.4) is 0 Å². The number of carbonyl (C=O) groups is 1. The maximum Gasteiger partial charge on any atom is 0.316 e. The van der Waals surface area contributed by atoms with Gasteiger partial charge in [0, 0.05) is 15.8 Å². The van der Waals surface area contributed by atoms with E-state index in [4.69, 9.17) is 4.74 Å². The molecule has 1 N–H and O–H groups in total. The van der Waals surface area contributed by atoms with Gasteiger partial charge in [0.2, 0.25) is 0 Å². The summed E-state index contributed by atoms with van der Waals surface area (Å²) in [5.41, 5.74) is 0.199. The van der Waals surface area contributed by atoms with Gasteiger partial charge in [-0.05, 0) is 32.2 Å². The van der Waals surface area contributed by atoms with Gasteiger partial charge in [0.05, 0.1) is 11.1 Å². The minimum atomic E-state index is -0.522. The minimum Gasteiger partial charge on any atom is -0.459 e. The zero-order chi connectivity index (χ0) is 17.3. The first kappa shape index (κ1) is 17.2. The predicted molar refractivity (Wildman–Crippen MR) is 100 cm³/mol. The van der Waals surface area contributed by atoms with E-state index in [2.05, 4.69) is 9.97 Å². The molecule has 0 saturated heterocycles. The third-order valence-electron chi connectivity index (χ3n) is 2.96. The average Bonchev–Trinajstić information content (AvgIpc) is 3.11. The van der Waals surface area contributed by atoms with Crippen LogP contribution in [0.2, 0.25) is 0 Å². The molecule has 0 saturated carbocycles. The lowest BCUT2D eigenvalue weighted by Gasteiger charge is -2.19. The van der Waals surface area contributed by atoms with Crippen LogP contribution in [0.4, 0.5) is 0 Å². The molecule has 126 valence electrons. The Balaban J connectivity index is 1.82. The Morgan fingerprint density at radius 3 is 2.83 bits per heavy atom. The van der Waals surface area contributed by atoms with E-state index in [-0.39, 0.29) is 17.3 Å². The first-order valence-corrected chi connectivity index (χ1v) is 9.98. The highest BCUT2D eigenvalue weighted by Gasteiger charge is 2.18. The number of hydrogen-bond acceptors (Lipinski definition) is 7. The third-order valence-corrected chi connectivity index (χ3v) is 5.58. The normalized spacial score (nSPS) is 11.8. The number of thiophene rings is 2. The number of aromatic amines is 1. The average molecular weight is 381 g/mol. The number of esters is 1. The van der Waals surface area contributed by atoms with Gasteiger partial charge in [-0.2, -0.15) is 0 Å². The number of aromatic nitrogens is 2. The number of thioether (sulfide) groups is 1. The summed E-state index contributed by atoms with van der Waals surface area (Å²) in [4.78, 5) is 33.2. The topological polar surface area (TPSA) is 72.0 Å². The van der Waals surface area contributed by atoms with Gasteiger partial charge in [-0.25, -0.2) is 4.98 Å². The van der Waals surface area contributed by atoms with Crippen molar-refractivity contribution in [1.82, 2.24) is 9.97 Å². The van der Waals surface area contributed by atoms with E-state index in [1.54, 1.807) is 11.3 Å². The number of nitrogens with one attached hydrogen (secondary N) is 1. The molecule has 0 aliphatic rings. The zero-order valence-corrected chi connectivity index (χ0v) is 15.9. The molecule has 0 bridgehead atoms. The Bertz CT molecular complexity index is 920. The fourth-order valence-corrected chi connectivity index (χ4v) is 4.56. The molecule has 0 amide bonds. The lowest BCUT2D eigenvalue weighted by molar-refractivity contribution is -0.151. The van der Waals surface area contributed by atoms with Crippen molar-refractivity contribution in [3.63, 3.8) is 0 Å². The van der Waals surface area contributed by atoms with Crippen LogP contribution in [0.1, 0.15) is 20.8 Å². The minimum absolute atomic E-state index is 0.106. The SMILES string of the molecule is CC(C)(C)OC(=O)CSc1nc2scc(-c3cccs3)c2c(=O)[nH]1. The van der Waals surface area contributed by atoms with Crippen LogP contribution in [-0.2, 0) is 9.53 Å². The molecule has 0 aromatic carbocycles. The van der Waals surface area contributed by atoms with E-state index in [0.717, 1.165) is 10.4 Å². The smallest absolute Gasteiger partial charge is 0.316 e. The van der Waals surface area contributed by atoms with Gasteiger partial charge in [-0.15, -0.1) is 22.7 Å². The van der Waals surface area contributed by atoms with Crippen LogP contribution in [0.15, 0.2) is 32.8 Å². The van der Waals surface area contributed by atoms with Crippen LogP contribution < -0.4 is 5.56 Å². The van der Waals surface area contributed by atoms with E-state index in [1.807, 2.05) is 43.7 Å². The van der Waals surface area contributed by atoms with Crippen molar-refractivity contribution in [2.24, 2.45) is 0 Å². The maximum absolute atomic E-state index is 12.4. The molecule has 0 atom stereocenters. The predicted octanol–water partition coefficient (Wildman–Crippen LogP) is 4.15. The zero-order valence-electron chi connectivity index (χ0n) is 13.4. The summed E-state index contributed by atoms with van der Waals surface area (Å²) in [6, 6.07) is 3.94. The lowest BCUT2D eigenvalue weighted by Crippen LogP contribution is -2.25. The molecular weight excluding hydrogens is 364 g/mol.